The molecule has 0 unspecified atom stereocenters. The highest BCUT2D eigenvalue weighted by Gasteiger charge is 2.16. The van der Waals surface area contributed by atoms with Gasteiger partial charge in [0.25, 0.3) is 0 Å². The van der Waals surface area contributed by atoms with Gasteiger partial charge in [-0.05, 0) is 18.2 Å². The van der Waals surface area contributed by atoms with E-state index in [-0.39, 0.29) is 11.3 Å². The largest absolute Gasteiger partial charge is 0.508 e. The van der Waals surface area contributed by atoms with E-state index in [1.165, 1.54) is 0 Å². The van der Waals surface area contributed by atoms with E-state index < -0.39 is 24.7 Å². The Bertz CT molecular complexity index is 317. The Kier molecular flexibility index (Phi) is 3.35. The average molecular weight is 205 g/mol. The molecule has 0 aliphatic rings. The Labute approximate surface area is 79.2 Å². The molecular weight excluding hydrogens is 195 g/mol. The minimum Gasteiger partial charge on any atom is -0.508 e. The zero-order chi connectivity index (χ0) is 10.7. The Morgan fingerprint density at radius 3 is 2.57 bits per heavy atom. The second kappa shape index (κ2) is 4.32. The van der Waals surface area contributed by atoms with Gasteiger partial charge in [0.15, 0.2) is 0 Å². The predicted octanol–water partition coefficient (Wildman–Crippen LogP) is 2.19. The topological polar surface area (TPSA) is 46.2 Å². The van der Waals surface area contributed by atoms with Crippen LogP contribution in [0.25, 0.3) is 0 Å². The van der Waals surface area contributed by atoms with Crippen LogP contribution >= 0.6 is 0 Å². The minimum absolute atomic E-state index is 0.00491. The van der Waals surface area contributed by atoms with Gasteiger partial charge in [-0.2, -0.15) is 0 Å². The molecular formula is C9H10F3NO. The lowest BCUT2D eigenvalue weighted by Crippen LogP contribution is -2.14. The maximum Gasteiger partial charge on any atom is 0.240 e. The molecule has 0 saturated heterocycles. The van der Waals surface area contributed by atoms with E-state index in [1.807, 2.05) is 0 Å². The van der Waals surface area contributed by atoms with Crippen molar-refractivity contribution in [3.8, 4) is 5.75 Å². The highest BCUT2D eigenvalue weighted by Crippen LogP contribution is 2.26. The normalized spacial score (nSPS) is 13.2. The maximum absolute atomic E-state index is 12.7. The zero-order valence-corrected chi connectivity index (χ0v) is 7.25. The van der Waals surface area contributed by atoms with Crippen LogP contribution in [-0.2, 0) is 0 Å². The van der Waals surface area contributed by atoms with Gasteiger partial charge >= 0.3 is 0 Å². The van der Waals surface area contributed by atoms with Crippen molar-refractivity contribution in [2.24, 2.45) is 5.73 Å². The van der Waals surface area contributed by atoms with Crippen LogP contribution in [0.1, 0.15) is 18.0 Å². The first kappa shape index (κ1) is 10.8. The third-order valence-electron chi connectivity index (χ3n) is 1.82. The number of hydrogen-bond donors (Lipinski definition) is 2. The minimum atomic E-state index is -2.58. The number of phenols is 1. The van der Waals surface area contributed by atoms with E-state index in [0.717, 1.165) is 18.2 Å². The van der Waals surface area contributed by atoms with E-state index in [4.69, 9.17) is 5.73 Å². The van der Waals surface area contributed by atoms with Crippen LogP contribution < -0.4 is 5.73 Å². The van der Waals surface area contributed by atoms with Gasteiger partial charge in [0.05, 0.1) is 0 Å². The third-order valence-corrected chi connectivity index (χ3v) is 1.82. The molecule has 0 heterocycles. The summed E-state index contributed by atoms with van der Waals surface area (Å²) in [6.07, 6.45) is -3.18. The molecule has 0 aliphatic carbocycles. The molecule has 0 radical (unpaired) electrons. The Morgan fingerprint density at radius 1 is 1.36 bits per heavy atom. The molecule has 0 amide bonds. The summed E-state index contributed by atoms with van der Waals surface area (Å²) >= 11 is 0. The smallest absolute Gasteiger partial charge is 0.240 e. The van der Waals surface area contributed by atoms with Gasteiger partial charge in [-0.15, -0.1) is 0 Å². The summed E-state index contributed by atoms with van der Waals surface area (Å²) in [7, 11) is 0. The molecule has 2 nitrogen and oxygen atoms in total. The number of benzene rings is 1. The van der Waals surface area contributed by atoms with Gasteiger partial charge in [-0.25, -0.2) is 13.2 Å². The van der Waals surface area contributed by atoms with Crippen molar-refractivity contribution < 1.29 is 18.3 Å². The fraction of sp³-hybridized carbons (Fsp3) is 0.333. The van der Waals surface area contributed by atoms with Gasteiger partial charge in [-0.3, -0.25) is 0 Å². The van der Waals surface area contributed by atoms with Gasteiger partial charge in [-0.1, -0.05) is 0 Å². The molecule has 0 saturated carbocycles. The molecule has 3 N–H and O–H groups in total. The molecule has 0 aliphatic heterocycles. The van der Waals surface area contributed by atoms with E-state index >= 15 is 0 Å². The standard InChI is InChI=1S/C9H10F3NO/c10-5-1-2-8(14)6(3-5)7(13)4-9(11)12/h1-3,7,9,14H,4,13H2/t7-/m1/s1. The monoisotopic (exact) mass is 205 g/mol. The molecule has 1 atom stereocenters. The number of hydrogen-bond acceptors (Lipinski definition) is 2. The second-order valence-electron chi connectivity index (χ2n) is 2.94. The van der Waals surface area contributed by atoms with Crippen molar-refractivity contribution in [2.75, 3.05) is 0 Å². The Balaban J connectivity index is 2.88. The fourth-order valence-corrected chi connectivity index (χ4v) is 1.14. The number of phenolic OH excluding ortho intramolecular Hbond substituents is 1. The maximum atomic E-state index is 12.7. The first-order chi connectivity index (χ1) is 6.50. The Hall–Kier alpha value is -1.23. The van der Waals surface area contributed by atoms with E-state index in [1.54, 1.807) is 0 Å². The number of alkyl halides is 2. The van der Waals surface area contributed by atoms with Crippen molar-refractivity contribution in [2.45, 2.75) is 18.9 Å². The number of halogens is 3. The van der Waals surface area contributed by atoms with Gasteiger partial charge in [0, 0.05) is 18.0 Å². The van der Waals surface area contributed by atoms with Crippen LogP contribution in [0.2, 0.25) is 0 Å². The number of rotatable bonds is 3. The molecule has 1 aromatic rings. The van der Waals surface area contributed by atoms with Gasteiger partial charge < -0.3 is 10.8 Å². The first-order valence-electron chi connectivity index (χ1n) is 4.03. The van der Waals surface area contributed by atoms with Crippen LogP contribution in [-0.4, -0.2) is 11.5 Å². The van der Waals surface area contributed by atoms with Crippen molar-refractivity contribution in [3.05, 3.63) is 29.6 Å². The molecule has 0 bridgehead atoms. The quantitative estimate of drug-likeness (QED) is 0.794. The van der Waals surface area contributed by atoms with Crippen LogP contribution in [0.3, 0.4) is 0 Å². The summed E-state index contributed by atoms with van der Waals surface area (Å²) < 4.78 is 36.6. The molecule has 0 aromatic heterocycles. The number of aromatic hydroxyl groups is 1. The molecule has 0 spiro atoms. The predicted molar refractivity (Wildman–Crippen MR) is 45.6 cm³/mol. The summed E-state index contributed by atoms with van der Waals surface area (Å²) in [5, 5.41) is 9.23. The molecule has 1 aromatic carbocycles. The summed E-state index contributed by atoms with van der Waals surface area (Å²) in [6.45, 7) is 0. The van der Waals surface area contributed by atoms with Crippen LogP contribution in [0.5, 0.6) is 5.75 Å². The number of nitrogens with two attached hydrogens (primary N) is 1. The van der Waals surface area contributed by atoms with E-state index in [9.17, 15) is 18.3 Å². The summed E-state index contributed by atoms with van der Waals surface area (Å²) in [5.41, 5.74) is 5.36. The summed E-state index contributed by atoms with van der Waals surface area (Å²) in [5.74, 6) is -0.873. The third kappa shape index (κ3) is 2.63. The SMILES string of the molecule is N[C@H](CC(F)F)c1cc(F)ccc1O. The van der Waals surface area contributed by atoms with Crippen LogP contribution in [0.15, 0.2) is 18.2 Å². The van der Waals surface area contributed by atoms with E-state index in [0.29, 0.717) is 0 Å². The molecule has 78 valence electrons. The molecule has 14 heavy (non-hydrogen) atoms. The summed E-state index contributed by atoms with van der Waals surface area (Å²) in [4.78, 5) is 0. The van der Waals surface area contributed by atoms with E-state index in [2.05, 4.69) is 0 Å². The highest BCUT2D eigenvalue weighted by molar-refractivity contribution is 5.34. The lowest BCUT2D eigenvalue weighted by atomic mass is 10.0. The van der Waals surface area contributed by atoms with Crippen LogP contribution in [0.4, 0.5) is 13.2 Å². The highest BCUT2D eigenvalue weighted by atomic mass is 19.3. The molecule has 0 fully saturated rings. The Morgan fingerprint density at radius 2 is 2.00 bits per heavy atom. The van der Waals surface area contributed by atoms with Gasteiger partial charge in [0.1, 0.15) is 11.6 Å². The van der Waals surface area contributed by atoms with Crippen molar-refractivity contribution in [1.82, 2.24) is 0 Å². The summed E-state index contributed by atoms with van der Waals surface area (Å²) in [6, 6.07) is 2.04. The van der Waals surface area contributed by atoms with Crippen molar-refractivity contribution in [1.29, 1.82) is 0 Å². The van der Waals surface area contributed by atoms with Gasteiger partial charge in [0.2, 0.25) is 6.43 Å². The van der Waals surface area contributed by atoms with Crippen molar-refractivity contribution >= 4 is 0 Å². The molecule has 5 heteroatoms. The first-order valence-corrected chi connectivity index (χ1v) is 4.03. The zero-order valence-electron chi connectivity index (χ0n) is 7.25. The fourth-order valence-electron chi connectivity index (χ4n) is 1.14. The van der Waals surface area contributed by atoms with Crippen molar-refractivity contribution in [3.63, 3.8) is 0 Å². The lowest BCUT2D eigenvalue weighted by molar-refractivity contribution is 0.128. The van der Waals surface area contributed by atoms with Crippen LogP contribution in [0, 0.1) is 5.82 Å². The molecule has 1 rings (SSSR count). The second-order valence-corrected chi connectivity index (χ2v) is 2.94. The lowest BCUT2D eigenvalue weighted by Gasteiger charge is -2.12. The average Bonchev–Trinajstić information content (AvgIpc) is 2.08.